The van der Waals surface area contributed by atoms with Crippen molar-refractivity contribution in [3.63, 3.8) is 0 Å². The van der Waals surface area contributed by atoms with Gasteiger partial charge in [0.15, 0.2) is 6.61 Å². The minimum Gasteiger partial charge on any atom is -0.471 e. The van der Waals surface area contributed by atoms with E-state index < -0.39 is 18.4 Å². The summed E-state index contributed by atoms with van der Waals surface area (Å²) in [6.45, 7) is 3.18. The molecule has 0 bridgehead atoms. The van der Waals surface area contributed by atoms with Crippen molar-refractivity contribution in [2.45, 2.75) is 44.2 Å². The van der Waals surface area contributed by atoms with Crippen LogP contribution in [-0.2, 0) is 0 Å². The second-order valence-corrected chi connectivity index (χ2v) is 7.64. The molecule has 2 aromatic heterocycles. The monoisotopic (exact) mass is 394 g/mol. The molecule has 3 heterocycles. The molecule has 0 saturated heterocycles. The lowest BCUT2D eigenvalue weighted by Gasteiger charge is -2.18. The highest BCUT2D eigenvalue weighted by molar-refractivity contribution is 6.21. The first-order valence-electron chi connectivity index (χ1n) is 8.98. The molecule has 144 valence electrons. The summed E-state index contributed by atoms with van der Waals surface area (Å²) in [5, 5.41) is 7.60. The van der Waals surface area contributed by atoms with E-state index in [4.69, 9.17) is 16.3 Å². The highest BCUT2D eigenvalue weighted by atomic mass is 35.5. The van der Waals surface area contributed by atoms with Crippen LogP contribution in [0.2, 0.25) is 0 Å². The topological polar surface area (TPSA) is 52.0 Å². The summed E-state index contributed by atoms with van der Waals surface area (Å²) in [6, 6.07) is 1.82. The number of aromatic nitrogens is 3. The Balaban J connectivity index is 1.49. The standard InChI is InChI=1S/C19H21ClF2N4O/c1-11-7-13(8-24-18(11)27-10-19(21,22)14-3-4-14)12(2)26-9-15-16(25-26)5-6-23-17(15)20/h5-9,12,14,17,23H,3-4,10H2,1-2H3. The van der Waals surface area contributed by atoms with E-state index in [1.807, 2.05) is 36.9 Å². The van der Waals surface area contributed by atoms with Crippen LogP contribution >= 0.6 is 11.6 Å². The zero-order valence-corrected chi connectivity index (χ0v) is 15.9. The van der Waals surface area contributed by atoms with Gasteiger partial charge in [-0.25, -0.2) is 13.8 Å². The Morgan fingerprint density at radius 3 is 2.89 bits per heavy atom. The summed E-state index contributed by atoms with van der Waals surface area (Å²) in [4.78, 5) is 4.26. The van der Waals surface area contributed by atoms with Crippen LogP contribution in [0, 0.1) is 12.8 Å². The van der Waals surface area contributed by atoms with Crippen molar-refractivity contribution >= 4 is 17.7 Å². The minimum absolute atomic E-state index is 0.0824. The summed E-state index contributed by atoms with van der Waals surface area (Å²) in [7, 11) is 0. The molecule has 0 amide bonds. The van der Waals surface area contributed by atoms with Crippen LogP contribution in [0.1, 0.15) is 53.7 Å². The maximum absolute atomic E-state index is 13.8. The van der Waals surface area contributed by atoms with Gasteiger partial charge in [0.25, 0.3) is 5.92 Å². The maximum Gasteiger partial charge on any atom is 0.284 e. The molecule has 5 nitrogen and oxygen atoms in total. The zero-order valence-electron chi connectivity index (χ0n) is 15.1. The van der Waals surface area contributed by atoms with Crippen LogP contribution < -0.4 is 10.1 Å². The fraction of sp³-hybridized carbons (Fsp3) is 0.474. The van der Waals surface area contributed by atoms with Gasteiger partial charge in [0.2, 0.25) is 5.88 Å². The highest BCUT2D eigenvalue weighted by Gasteiger charge is 2.47. The molecule has 27 heavy (non-hydrogen) atoms. The molecule has 0 spiro atoms. The second kappa shape index (κ2) is 6.78. The van der Waals surface area contributed by atoms with Crippen molar-refractivity contribution in [1.29, 1.82) is 0 Å². The number of aryl methyl sites for hydroxylation is 1. The average Bonchev–Trinajstić information content (AvgIpc) is 3.41. The molecule has 2 atom stereocenters. The molecule has 2 aromatic rings. The van der Waals surface area contributed by atoms with Crippen LogP contribution in [-0.4, -0.2) is 27.3 Å². The third-order valence-electron chi connectivity index (χ3n) is 5.05. The number of fused-ring (bicyclic) bond motifs is 1. The van der Waals surface area contributed by atoms with E-state index in [-0.39, 0.29) is 17.4 Å². The minimum atomic E-state index is -2.78. The Bertz CT molecular complexity index is 879. The van der Waals surface area contributed by atoms with Gasteiger partial charge >= 0.3 is 0 Å². The molecule has 0 aromatic carbocycles. The molecule has 1 aliphatic carbocycles. The van der Waals surface area contributed by atoms with Gasteiger partial charge in [0.05, 0.1) is 11.7 Å². The number of nitrogens with one attached hydrogen (secondary N) is 1. The molecule has 2 aliphatic rings. The Morgan fingerprint density at radius 1 is 1.44 bits per heavy atom. The van der Waals surface area contributed by atoms with Crippen LogP contribution in [0.25, 0.3) is 6.08 Å². The quantitative estimate of drug-likeness (QED) is 0.581. The van der Waals surface area contributed by atoms with Crippen LogP contribution in [0.15, 0.2) is 24.7 Å². The van der Waals surface area contributed by atoms with E-state index in [0.29, 0.717) is 12.8 Å². The highest BCUT2D eigenvalue weighted by Crippen LogP contribution is 2.43. The van der Waals surface area contributed by atoms with Crippen molar-refractivity contribution in [2.75, 3.05) is 6.61 Å². The Labute approximate surface area is 161 Å². The molecule has 1 fully saturated rings. The van der Waals surface area contributed by atoms with Crippen molar-refractivity contribution < 1.29 is 13.5 Å². The van der Waals surface area contributed by atoms with Gasteiger partial charge in [-0.2, -0.15) is 5.10 Å². The van der Waals surface area contributed by atoms with Gasteiger partial charge in [-0.15, -0.1) is 0 Å². The summed E-state index contributed by atoms with van der Waals surface area (Å²) in [5.41, 5.74) is 3.07. The molecule has 4 rings (SSSR count). The third kappa shape index (κ3) is 3.65. The summed E-state index contributed by atoms with van der Waals surface area (Å²) in [5.74, 6) is -3.08. The van der Waals surface area contributed by atoms with Gasteiger partial charge in [0, 0.05) is 35.6 Å². The largest absolute Gasteiger partial charge is 0.471 e. The predicted molar refractivity (Wildman–Crippen MR) is 98.9 cm³/mol. The number of pyridine rings is 1. The molecule has 8 heteroatoms. The number of rotatable bonds is 6. The number of nitrogens with zero attached hydrogens (tertiary/aromatic N) is 3. The number of ether oxygens (including phenoxy) is 1. The lowest BCUT2D eigenvalue weighted by Crippen LogP contribution is -2.28. The number of hydrogen-bond acceptors (Lipinski definition) is 4. The normalized spacial score (nSPS) is 20.1. The molecule has 1 aliphatic heterocycles. The third-order valence-corrected chi connectivity index (χ3v) is 5.41. The fourth-order valence-electron chi connectivity index (χ4n) is 3.15. The number of hydrogen-bond donors (Lipinski definition) is 1. The van der Waals surface area contributed by atoms with Gasteiger partial charge in [-0.05, 0) is 44.4 Å². The van der Waals surface area contributed by atoms with Gasteiger partial charge in [0.1, 0.15) is 5.50 Å². The first-order chi connectivity index (χ1) is 12.8. The van der Waals surface area contributed by atoms with E-state index in [0.717, 1.165) is 22.4 Å². The smallest absolute Gasteiger partial charge is 0.284 e. The predicted octanol–water partition coefficient (Wildman–Crippen LogP) is 4.43. The van der Waals surface area contributed by atoms with Crippen molar-refractivity contribution in [3.8, 4) is 5.88 Å². The first-order valence-corrected chi connectivity index (χ1v) is 9.41. The van der Waals surface area contributed by atoms with E-state index in [9.17, 15) is 8.78 Å². The fourth-order valence-corrected chi connectivity index (χ4v) is 3.39. The van der Waals surface area contributed by atoms with Crippen LogP contribution in [0.4, 0.5) is 8.78 Å². The van der Waals surface area contributed by atoms with Crippen LogP contribution in [0.3, 0.4) is 0 Å². The van der Waals surface area contributed by atoms with Gasteiger partial charge in [-0.1, -0.05) is 11.6 Å². The van der Waals surface area contributed by atoms with E-state index >= 15 is 0 Å². The van der Waals surface area contributed by atoms with E-state index in [2.05, 4.69) is 15.4 Å². The zero-order chi connectivity index (χ0) is 19.2. The number of alkyl halides is 3. The Hall–Kier alpha value is -2.15. The molecular weight excluding hydrogens is 374 g/mol. The lowest BCUT2D eigenvalue weighted by atomic mass is 10.1. The Kier molecular flexibility index (Phi) is 4.58. The second-order valence-electron chi connectivity index (χ2n) is 7.20. The van der Waals surface area contributed by atoms with Crippen molar-refractivity contribution in [1.82, 2.24) is 20.1 Å². The molecule has 1 N–H and O–H groups in total. The molecule has 0 radical (unpaired) electrons. The Morgan fingerprint density at radius 2 is 2.22 bits per heavy atom. The average molecular weight is 395 g/mol. The van der Waals surface area contributed by atoms with Crippen molar-refractivity contribution in [2.24, 2.45) is 5.92 Å². The molecular formula is C19H21ClF2N4O. The summed E-state index contributed by atoms with van der Waals surface area (Å²) < 4.78 is 34.8. The lowest BCUT2D eigenvalue weighted by molar-refractivity contribution is -0.0614. The van der Waals surface area contributed by atoms with Gasteiger partial charge in [-0.3, -0.25) is 4.68 Å². The maximum atomic E-state index is 13.8. The first kappa shape index (κ1) is 18.2. The van der Waals surface area contributed by atoms with Gasteiger partial charge < -0.3 is 10.1 Å². The summed E-state index contributed by atoms with van der Waals surface area (Å²) >= 11 is 6.25. The molecule has 2 unspecified atom stereocenters. The SMILES string of the molecule is Cc1cc(C(C)n2cc3c(n2)C=CNC3Cl)cnc1OCC(F)(F)C1CC1. The summed E-state index contributed by atoms with van der Waals surface area (Å²) in [6.07, 6.45) is 8.34. The van der Waals surface area contributed by atoms with E-state index in [1.54, 1.807) is 12.4 Å². The molecule has 1 saturated carbocycles. The van der Waals surface area contributed by atoms with Crippen LogP contribution in [0.5, 0.6) is 5.88 Å². The number of halogens is 3. The van der Waals surface area contributed by atoms with E-state index in [1.165, 1.54) is 0 Å². The van der Waals surface area contributed by atoms with Crippen molar-refractivity contribution in [3.05, 3.63) is 47.0 Å².